The summed E-state index contributed by atoms with van der Waals surface area (Å²) in [4.78, 5) is 4.81. The van der Waals surface area contributed by atoms with Crippen LogP contribution in [0.4, 0.5) is 24.3 Å². The number of nitrogens with zero attached hydrogens (tertiary/aromatic N) is 2. The van der Waals surface area contributed by atoms with Gasteiger partial charge in [-0.3, -0.25) is 12.9 Å². The van der Waals surface area contributed by atoms with Gasteiger partial charge in [-0.1, -0.05) is 35.4 Å². The van der Waals surface area contributed by atoms with Crippen LogP contribution in [0, 0.1) is 48.2 Å². The van der Waals surface area contributed by atoms with Crippen LogP contribution < -0.4 is 14.5 Å². The molecule has 1 saturated heterocycles. The van der Waals surface area contributed by atoms with Crippen molar-refractivity contribution in [2.75, 3.05) is 22.9 Å². The Morgan fingerprint density at radius 2 is 1.03 bits per heavy atom. The van der Waals surface area contributed by atoms with Gasteiger partial charge in [0.15, 0.2) is 0 Å². The molecule has 0 aliphatic carbocycles. The molecule has 0 atom stereocenters. The first-order valence-corrected chi connectivity index (χ1v) is 15.6. The van der Waals surface area contributed by atoms with Gasteiger partial charge in [0, 0.05) is 24.5 Å². The van der Waals surface area contributed by atoms with E-state index in [0.29, 0.717) is 0 Å². The number of halogens is 6. The molecule has 1 aliphatic rings. The standard InChI is InChI=1S/C21H27N2.C2H4.BF3.2ClH.FH.Ru/c1-14-9-16(3)20(17(4)10-14)22-7-8-23(13-22)21-18(5)11-15(2)12-19(21)6;1-2;2-1(3)4;;;;/h9-13H,7-8H2,1-6H3;1H,2H3;;3*1H;/q-1;;;;;;+2/p-3. The predicted octanol–water partition coefficient (Wildman–Crippen LogP) is 4.60. The van der Waals surface area contributed by atoms with E-state index in [4.69, 9.17) is 19.4 Å². The quantitative estimate of drug-likeness (QED) is 0.285. The van der Waals surface area contributed by atoms with E-state index in [1.165, 1.54) is 44.8 Å². The summed E-state index contributed by atoms with van der Waals surface area (Å²) < 4.78 is 30.8. The summed E-state index contributed by atoms with van der Waals surface area (Å²) in [5, 5.41) is 0. The first kappa shape index (κ1) is 31.9. The summed E-state index contributed by atoms with van der Waals surface area (Å²) in [5.41, 5.74) is 10.8. The van der Waals surface area contributed by atoms with E-state index in [1.807, 2.05) is 11.5 Å². The summed E-state index contributed by atoms with van der Waals surface area (Å²) >= 11 is -1.36. The number of hydrogen-bond donors (Lipinski definition) is 0. The Balaban J connectivity index is 0.000000879. The van der Waals surface area contributed by atoms with Crippen LogP contribution in [0.1, 0.15) is 40.3 Å². The molecule has 2 aromatic rings. The van der Waals surface area contributed by atoms with Crippen LogP contribution in [-0.4, -0.2) is 25.2 Å². The van der Waals surface area contributed by atoms with Crippen LogP contribution in [0.3, 0.4) is 0 Å². The van der Waals surface area contributed by atoms with E-state index < -0.39 is 21.1 Å². The first-order valence-electron chi connectivity index (χ1n) is 10.1. The minimum absolute atomic E-state index is 0. The Bertz CT molecular complexity index is 828. The fourth-order valence-corrected chi connectivity index (χ4v) is 4.09. The first-order chi connectivity index (χ1) is 14.9. The molecule has 10 heteroatoms. The molecule has 188 valence electrons. The summed E-state index contributed by atoms with van der Waals surface area (Å²) in [7, 11) is 6.96. The summed E-state index contributed by atoms with van der Waals surface area (Å²) in [5.74, 6) is 0. The summed E-state index contributed by atoms with van der Waals surface area (Å²) in [6.45, 7) is 19.4. The average Bonchev–Trinajstić information content (AvgIpc) is 3.09. The molecule has 0 bridgehead atoms. The molecule has 33 heavy (non-hydrogen) atoms. The van der Waals surface area contributed by atoms with Gasteiger partial charge >= 0.3 is 52.0 Å². The Morgan fingerprint density at radius 1 is 0.788 bits per heavy atom. The van der Waals surface area contributed by atoms with Gasteiger partial charge in [0.1, 0.15) is 0 Å². The molecule has 1 aliphatic heterocycles. The maximum Gasteiger partial charge on any atom is 0.762 e. The smallest absolute Gasteiger partial charge is 0.762 e. The molecule has 0 saturated carbocycles. The number of hydrogen-bond acceptors (Lipinski definition) is 2. The van der Waals surface area contributed by atoms with Gasteiger partial charge in [-0.25, -0.2) is 0 Å². The van der Waals surface area contributed by atoms with Crippen LogP contribution in [-0.2, 0) is 13.5 Å². The van der Waals surface area contributed by atoms with Crippen molar-refractivity contribution >= 4 is 42.9 Å². The normalized spacial score (nSPS) is 12.7. The molecule has 1 fully saturated rings. The van der Waals surface area contributed by atoms with Crippen molar-refractivity contribution in [1.82, 2.24) is 0 Å². The monoisotopic (exact) mass is 594 g/mol. The molecule has 0 spiro atoms. The maximum atomic E-state index is 9.67. The van der Waals surface area contributed by atoms with Crippen LogP contribution in [0.5, 0.6) is 0 Å². The largest absolute Gasteiger partial charge is 1.00 e. The van der Waals surface area contributed by atoms with Crippen LogP contribution >= 0.6 is 19.4 Å². The Kier molecular flexibility index (Phi) is 14.5. The second-order valence-corrected chi connectivity index (χ2v) is 13.9. The zero-order valence-electron chi connectivity index (χ0n) is 20.0. The minimum atomic E-state index is -3.67. The van der Waals surface area contributed by atoms with Gasteiger partial charge < -0.3 is 14.5 Å². The van der Waals surface area contributed by atoms with E-state index >= 15 is 0 Å². The van der Waals surface area contributed by atoms with Crippen molar-refractivity contribution in [1.29, 1.82) is 0 Å². The topological polar surface area (TPSA) is 6.48 Å². The molecule has 0 radical (unpaired) electrons. The average molecular weight is 594 g/mol. The Morgan fingerprint density at radius 3 is 1.24 bits per heavy atom. The molecular formula is C23H31BCl2F4N2Ru-2. The zero-order chi connectivity index (χ0) is 24.6. The van der Waals surface area contributed by atoms with Gasteiger partial charge in [0.2, 0.25) is 0 Å². The van der Waals surface area contributed by atoms with E-state index in [-0.39, 0.29) is 4.70 Å². The van der Waals surface area contributed by atoms with E-state index in [2.05, 4.69) is 82.3 Å². The van der Waals surface area contributed by atoms with Crippen molar-refractivity contribution in [3.63, 3.8) is 0 Å². The minimum Gasteiger partial charge on any atom is -1.00 e. The Labute approximate surface area is 209 Å². The van der Waals surface area contributed by atoms with E-state index in [1.54, 1.807) is 0 Å². The molecule has 0 aromatic heterocycles. The van der Waals surface area contributed by atoms with Crippen molar-refractivity contribution in [2.24, 2.45) is 0 Å². The summed E-state index contributed by atoms with van der Waals surface area (Å²) in [6, 6.07) is 9.12. The second-order valence-electron chi connectivity index (χ2n) is 7.65. The summed E-state index contributed by atoms with van der Waals surface area (Å²) in [6.07, 6.45) is 0. The molecule has 0 amide bonds. The fourth-order valence-electron chi connectivity index (χ4n) is 4.09. The number of benzene rings is 2. The zero-order valence-corrected chi connectivity index (χ0v) is 23.2. The molecular weight excluding hydrogens is 563 g/mol. The van der Waals surface area contributed by atoms with Gasteiger partial charge in [-0.15, -0.1) is 0 Å². The second kappa shape index (κ2) is 15.0. The van der Waals surface area contributed by atoms with Gasteiger partial charge in [0.05, 0.1) is 0 Å². The van der Waals surface area contributed by atoms with Crippen molar-refractivity contribution in [2.45, 2.75) is 48.5 Å². The van der Waals surface area contributed by atoms with Gasteiger partial charge in [-0.2, -0.15) is 6.67 Å². The molecule has 0 unspecified atom stereocenters. The number of rotatable bonds is 2. The van der Waals surface area contributed by atoms with Gasteiger partial charge in [-0.05, 0) is 63.8 Å². The van der Waals surface area contributed by atoms with Crippen molar-refractivity contribution in [3.8, 4) is 0 Å². The number of aryl methyl sites for hydroxylation is 6. The Hall–Kier alpha value is -1.10. The maximum absolute atomic E-state index is 9.67. The molecule has 2 nitrogen and oxygen atoms in total. The van der Waals surface area contributed by atoms with E-state index in [0.717, 1.165) is 13.1 Å². The number of anilines is 2. The van der Waals surface area contributed by atoms with E-state index in [9.17, 15) is 12.9 Å². The molecule has 2 aromatic carbocycles. The molecule has 3 rings (SSSR count). The predicted molar refractivity (Wildman–Crippen MR) is 133 cm³/mol. The van der Waals surface area contributed by atoms with Gasteiger partial charge in [0.25, 0.3) is 0 Å². The van der Waals surface area contributed by atoms with Crippen LogP contribution in [0.25, 0.3) is 0 Å². The third kappa shape index (κ3) is 10.4. The third-order valence-corrected chi connectivity index (χ3v) is 7.44. The van der Waals surface area contributed by atoms with Crippen LogP contribution in [0.15, 0.2) is 24.3 Å². The van der Waals surface area contributed by atoms with Crippen LogP contribution in [0.2, 0.25) is 0 Å². The fraction of sp³-hybridized carbons (Fsp3) is 0.391. The molecule has 0 N–H and O–H groups in total. The van der Waals surface area contributed by atoms with Crippen molar-refractivity contribution in [3.05, 3.63) is 64.3 Å². The molecule has 1 heterocycles. The third-order valence-electron chi connectivity index (χ3n) is 4.86. The SMILES string of the molecule is C[CH]=[Ru]([Cl])[Cl].Cc1cc(C)c(N2[CH-]N(c3c(C)cc(C)cc3C)CC2)c(C)c1.FB(F)F.[F-]. The van der Waals surface area contributed by atoms with Crippen molar-refractivity contribution < 1.29 is 31.2 Å².